The Bertz CT molecular complexity index is 399. The van der Waals surface area contributed by atoms with Crippen LogP contribution in [0.4, 0.5) is 11.6 Å². The van der Waals surface area contributed by atoms with Gasteiger partial charge in [0.05, 0.1) is 0 Å². The molecule has 2 heterocycles. The van der Waals surface area contributed by atoms with E-state index in [1.54, 1.807) is 0 Å². The van der Waals surface area contributed by atoms with Gasteiger partial charge in [-0.3, -0.25) is 0 Å². The molecule has 3 N–H and O–H groups in total. The minimum Gasteiger partial charge on any atom is -0.370 e. The molecule has 1 saturated heterocycles. The van der Waals surface area contributed by atoms with Gasteiger partial charge in [-0.2, -0.15) is 0 Å². The summed E-state index contributed by atoms with van der Waals surface area (Å²) in [6.07, 6.45) is 3.75. The summed E-state index contributed by atoms with van der Waals surface area (Å²) in [5.41, 5.74) is 0. The van der Waals surface area contributed by atoms with Crippen LogP contribution in [-0.2, 0) is 0 Å². The Morgan fingerprint density at radius 1 is 1.37 bits per heavy atom. The molecule has 1 fully saturated rings. The van der Waals surface area contributed by atoms with Crippen molar-refractivity contribution in [2.75, 3.05) is 23.7 Å². The minimum atomic E-state index is 0.379. The van der Waals surface area contributed by atoms with Crippen LogP contribution in [0.15, 0.2) is 6.07 Å². The number of nitrogens with one attached hydrogen (secondary N) is 3. The fourth-order valence-electron chi connectivity index (χ4n) is 2.41. The lowest BCUT2D eigenvalue weighted by Crippen LogP contribution is -2.24. The van der Waals surface area contributed by atoms with Crippen LogP contribution < -0.4 is 16.0 Å². The predicted molar refractivity (Wildman–Crippen MR) is 79.7 cm³/mol. The number of nitrogens with zero attached hydrogens (tertiary/aromatic N) is 2. The first-order chi connectivity index (χ1) is 9.13. The molecule has 1 aromatic rings. The number of hydrogen-bond acceptors (Lipinski definition) is 5. The van der Waals surface area contributed by atoms with Crippen molar-refractivity contribution >= 4 is 11.6 Å². The van der Waals surface area contributed by atoms with Gasteiger partial charge < -0.3 is 16.0 Å². The average molecular weight is 263 g/mol. The fraction of sp³-hybridized carbons (Fsp3) is 0.714. The van der Waals surface area contributed by atoms with E-state index in [2.05, 4.69) is 39.8 Å². The van der Waals surface area contributed by atoms with E-state index < -0.39 is 0 Å². The molecule has 0 radical (unpaired) electrons. The topological polar surface area (TPSA) is 61.9 Å². The summed E-state index contributed by atoms with van der Waals surface area (Å²) in [6.45, 7) is 8.26. The SMILES string of the molecule is Cc1nc(NCCC2CCCN2)cc(NC(C)C)n1. The van der Waals surface area contributed by atoms with Gasteiger partial charge in [-0.05, 0) is 46.6 Å². The van der Waals surface area contributed by atoms with Crippen LogP contribution in [0.25, 0.3) is 0 Å². The maximum absolute atomic E-state index is 4.42. The fourth-order valence-corrected chi connectivity index (χ4v) is 2.41. The average Bonchev–Trinajstić information content (AvgIpc) is 2.80. The summed E-state index contributed by atoms with van der Waals surface area (Å²) < 4.78 is 0. The summed E-state index contributed by atoms with van der Waals surface area (Å²) in [7, 11) is 0. The number of anilines is 2. The Balaban J connectivity index is 1.86. The highest BCUT2D eigenvalue weighted by Crippen LogP contribution is 2.13. The van der Waals surface area contributed by atoms with Crippen molar-refractivity contribution in [3.05, 3.63) is 11.9 Å². The monoisotopic (exact) mass is 263 g/mol. The second-order valence-corrected chi connectivity index (χ2v) is 5.49. The highest BCUT2D eigenvalue weighted by Gasteiger charge is 2.13. The van der Waals surface area contributed by atoms with Crippen LogP contribution in [0.3, 0.4) is 0 Å². The zero-order valence-corrected chi connectivity index (χ0v) is 12.2. The van der Waals surface area contributed by atoms with E-state index >= 15 is 0 Å². The first-order valence-electron chi connectivity index (χ1n) is 7.23. The van der Waals surface area contributed by atoms with Gasteiger partial charge in [-0.1, -0.05) is 0 Å². The van der Waals surface area contributed by atoms with E-state index in [1.165, 1.54) is 19.4 Å². The normalized spacial score (nSPS) is 18.8. The first kappa shape index (κ1) is 14.1. The van der Waals surface area contributed by atoms with Crippen LogP contribution in [0.1, 0.15) is 38.9 Å². The van der Waals surface area contributed by atoms with Gasteiger partial charge in [0.2, 0.25) is 0 Å². The number of hydrogen-bond donors (Lipinski definition) is 3. The molecule has 1 unspecified atom stereocenters. The molecular weight excluding hydrogens is 238 g/mol. The van der Waals surface area contributed by atoms with Gasteiger partial charge in [0.25, 0.3) is 0 Å². The van der Waals surface area contributed by atoms with Crippen LogP contribution in [0.5, 0.6) is 0 Å². The molecule has 0 spiro atoms. The van der Waals surface area contributed by atoms with Crippen LogP contribution in [0, 0.1) is 6.92 Å². The summed E-state index contributed by atoms with van der Waals surface area (Å²) in [4.78, 5) is 8.81. The molecule has 5 heteroatoms. The van der Waals surface area contributed by atoms with E-state index in [-0.39, 0.29) is 0 Å². The van der Waals surface area contributed by atoms with Crippen molar-refractivity contribution < 1.29 is 0 Å². The smallest absolute Gasteiger partial charge is 0.131 e. The van der Waals surface area contributed by atoms with Crippen molar-refractivity contribution in [3.8, 4) is 0 Å². The molecule has 5 nitrogen and oxygen atoms in total. The maximum atomic E-state index is 4.42. The zero-order chi connectivity index (χ0) is 13.7. The molecule has 0 bridgehead atoms. The van der Waals surface area contributed by atoms with Crippen molar-refractivity contribution in [3.63, 3.8) is 0 Å². The summed E-state index contributed by atoms with van der Waals surface area (Å²) in [6, 6.07) is 3.03. The number of aromatic nitrogens is 2. The Labute approximate surface area is 115 Å². The molecule has 19 heavy (non-hydrogen) atoms. The number of aryl methyl sites for hydroxylation is 1. The molecule has 1 atom stereocenters. The largest absolute Gasteiger partial charge is 0.370 e. The molecule has 106 valence electrons. The molecular formula is C14H25N5. The zero-order valence-electron chi connectivity index (χ0n) is 12.2. The molecule has 1 aliphatic rings. The second kappa shape index (κ2) is 6.70. The predicted octanol–water partition coefficient (Wildman–Crippen LogP) is 2.16. The van der Waals surface area contributed by atoms with Gasteiger partial charge in [-0.25, -0.2) is 9.97 Å². The molecule has 0 saturated carbocycles. The third kappa shape index (κ3) is 4.67. The molecule has 1 aromatic heterocycles. The minimum absolute atomic E-state index is 0.379. The van der Waals surface area contributed by atoms with Gasteiger partial charge in [0.15, 0.2) is 0 Å². The molecule has 1 aliphatic heterocycles. The van der Waals surface area contributed by atoms with Crippen LogP contribution in [-0.4, -0.2) is 35.1 Å². The summed E-state index contributed by atoms with van der Waals surface area (Å²) in [5, 5.41) is 10.2. The van der Waals surface area contributed by atoms with Gasteiger partial charge >= 0.3 is 0 Å². The third-order valence-electron chi connectivity index (χ3n) is 3.24. The van der Waals surface area contributed by atoms with Crippen LogP contribution in [0.2, 0.25) is 0 Å². The van der Waals surface area contributed by atoms with E-state index in [0.717, 1.165) is 30.4 Å². The highest BCUT2D eigenvalue weighted by atomic mass is 15.1. The summed E-state index contributed by atoms with van der Waals surface area (Å²) >= 11 is 0. The van der Waals surface area contributed by atoms with Crippen molar-refractivity contribution in [1.29, 1.82) is 0 Å². The quantitative estimate of drug-likeness (QED) is 0.734. The highest BCUT2D eigenvalue weighted by molar-refractivity contribution is 5.47. The first-order valence-corrected chi connectivity index (χ1v) is 7.23. The lowest BCUT2D eigenvalue weighted by molar-refractivity contribution is 0.574. The lowest BCUT2D eigenvalue weighted by Gasteiger charge is -2.13. The van der Waals surface area contributed by atoms with Crippen molar-refractivity contribution in [2.45, 2.75) is 52.1 Å². The Morgan fingerprint density at radius 3 is 2.84 bits per heavy atom. The molecule has 2 rings (SSSR count). The Hall–Kier alpha value is -1.36. The summed E-state index contributed by atoms with van der Waals surface area (Å²) in [5.74, 6) is 2.60. The second-order valence-electron chi connectivity index (χ2n) is 5.49. The molecule has 0 aliphatic carbocycles. The number of rotatable bonds is 6. The van der Waals surface area contributed by atoms with E-state index in [1.807, 2.05) is 13.0 Å². The van der Waals surface area contributed by atoms with E-state index in [9.17, 15) is 0 Å². The molecule has 0 amide bonds. The third-order valence-corrected chi connectivity index (χ3v) is 3.24. The lowest BCUT2D eigenvalue weighted by atomic mass is 10.1. The van der Waals surface area contributed by atoms with Crippen molar-refractivity contribution in [2.24, 2.45) is 0 Å². The standard InChI is InChI=1S/C14H25N5/c1-10(2)17-14-9-13(18-11(3)19-14)16-8-6-12-5-4-7-15-12/h9-10,12,15H,4-8H2,1-3H3,(H2,16,17,18,19). The van der Waals surface area contributed by atoms with Gasteiger partial charge in [-0.15, -0.1) is 0 Å². The van der Waals surface area contributed by atoms with E-state index in [0.29, 0.717) is 12.1 Å². The van der Waals surface area contributed by atoms with Gasteiger partial charge in [0, 0.05) is 24.7 Å². The Kier molecular flexibility index (Phi) is 4.96. The van der Waals surface area contributed by atoms with E-state index in [4.69, 9.17) is 0 Å². The van der Waals surface area contributed by atoms with Crippen LogP contribution >= 0.6 is 0 Å². The maximum Gasteiger partial charge on any atom is 0.131 e. The Morgan fingerprint density at radius 2 is 2.16 bits per heavy atom. The van der Waals surface area contributed by atoms with Gasteiger partial charge in [0.1, 0.15) is 17.5 Å². The molecule has 0 aromatic carbocycles. The van der Waals surface area contributed by atoms with Crippen molar-refractivity contribution in [1.82, 2.24) is 15.3 Å².